The molecule has 0 spiro atoms. The summed E-state index contributed by atoms with van der Waals surface area (Å²) in [5, 5.41) is 0.447. The molecule has 1 fully saturated rings. The fourth-order valence-corrected chi connectivity index (χ4v) is 4.28. The van der Waals surface area contributed by atoms with Crippen LogP contribution in [0, 0.1) is 0 Å². The molecule has 2 aromatic rings. The van der Waals surface area contributed by atoms with E-state index < -0.39 is 10.0 Å². The highest BCUT2D eigenvalue weighted by Gasteiger charge is 2.30. The molecule has 1 saturated carbocycles. The van der Waals surface area contributed by atoms with Crippen LogP contribution in [0.1, 0.15) is 12.8 Å². The minimum atomic E-state index is -3.72. The molecule has 1 aliphatic carbocycles. The van der Waals surface area contributed by atoms with Gasteiger partial charge in [-0.3, -0.25) is 0 Å². The van der Waals surface area contributed by atoms with Crippen molar-refractivity contribution in [1.29, 1.82) is 0 Å². The third-order valence-corrected chi connectivity index (χ3v) is 5.67. The van der Waals surface area contributed by atoms with E-state index in [-0.39, 0.29) is 38.2 Å². The SMILES string of the molecule is COc1ccc(Oc2c(Cl)cc(N)cc2Cl)cc1S(=O)(=O)NC1CC1. The summed E-state index contributed by atoms with van der Waals surface area (Å²) in [5.41, 5.74) is 6.06. The van der Waals surface area contributed by atoms with Crippen LogP contribution in [0.15, 0.2) is 35.2 Å². The fourth-order valence-electron chi connectivity index (χ4n) is 2.21. The van der Waals surface area contributed by atoms with Gasteiger partial charge in [-0.05, 0) is 37.1 Å². The second kappa shape index (κ2) is 6.92. The molecule has 0 amide bonds. The Kier molecular flexibility index (Phi) is 5.02. The van der Waals surface area contributed by atoms with Gasteiger partial charge in [0, 0.05) is 17.8 Å². The van der Waals surface area contributed by atoms with Crippen LogP contribution in [-0.4, -0.2) is 21.6 Å². The minimum absolute atomic E-state index is 0.0120. The normalized spacial score (nSPS) is 14.4. The van der Waals surface area contributed by atoms with E-state index in [2.05, 4.69) is 4.72 Å². The van der Waals surface area contributed by atoms with E-state index >= 15 is 0 Å². The van der Waals surface area contributed by atoms with Crippen molar-refractivity contribution in [3.05, 3.63) is 40.4 Å². The molecule has 1 aliphatic rings. The number of rotatable bonds is 6. The zero-order valence-electron chi connectivity index (χ0n) is 13.3. The molecule has 3 N–H and O–H groups in total. The highest BCUT2D eigenvalue weighted by molar-refractivity contribution is 7.89. The maximum absolute atomic E-state index is 12.5. The first kappa shape index (κ1) is 18.1. The second-order valence-corrected chi connectivity index (χ2v) is 8.12. The molecule has 0 aromatic heterocycles. The first-order valence-electron chi connectivity index (χ1n) is 7.43. The lowest BCUT2D eigenvalue weighted by Crippen LogP contribution is -2.26. The molecule has 2 aromatic carbocycles. The molecule has 134 valence electrons. The van der Waals surface area contributed by atoms with Gasteiger partial charge in [0.25, 0.3) is 0 Å². The highest BCUT2D eigenvalue weighted by atomic mass is 35.5. The molecular formula is C16H16Cl2N2O4S. The molecule has 0 radical (unpaired) electrons. The Balaban J connectivity index is 1.97. The molecule has 0 heterocycles. The van der Waals surface area contributed by atoms with E-state index in [4.69, 9.17) is 38.4 Å². The summed E-state index contributed by atoms with van der Waals surface area (Å²) in [7, 11) is -2.32. The van der Waals surface area contributed by atoms with Crippen molar-refractivity contribution in [1.82, 2.24) is 4.72 Å². The van der Waals surface area contributed by atoms with Crippen LogP contribution in [0.3, 0.4) is 0 Å². The second-order valence-electron chi connectivity index (χ2n) is 5.62. The fraction of sp³-hybridized carbons (Fsp3) is 0.250. The van der Waals surface area contributed by atoms with E-state index in [1.165, 1.54) is 31.4 Å². The number of benzene rings is 2. The molecule has 0 bridgehead atoms. The number of halogens is 2. The maximum atomic E-state index is 12.5. The first-order valence-corrected chi connectivity index (χ1v) is 9.67. The largest absolute Gasteiger partial charge is 0.495 e. The zero-order chi connectivity index (χ0) is 18.2. The molecule has 9 heteroatoms. The van der Waals surface area contributed by atoms with Crippen molar-refractivity contribution in [2.24, 2.45) is 0 Å². The van der Waals surface area contributed by atoms with Crippen LogP contribution < -0.4 is 19.9 Å². The molecular weight excluding hydrogens is 387 g/mol. The van der Waals surface area contributed by atoms with Gasteiger partial charge in [0.15, 0.2) is 5.75 Å². The smallest absolute Gasteiger partial charge is 0.244 e. The Bertz CT molecular complexity index is 891. The monoisotopic (exact) mass is 402 g/mol. The number of hydrogen-bond acceptors (Lipinski definition) is 5. The molecule has 6 nitrogen and oxygen atoms in total. The number of nitrogens with one attached hydrogen (secondary N) is 1. The molecule has 0 aliphatic heterocycles. The number of nitrogen functional groups attached to an aromatic ring is 1. The van der Waals surface area contributed by atoms with Gasteiger partial charge in [0.2, 0.25) is 10.0 Å². The number of anilines is 1. The zero-order valence-corrected chi connectivity index (χ0v) is 15.6. The van der Waals surface area contributed by atoms with Gasteiger partial charge in [-0.15, -0.1) is 0 Å². The van der Waals surface area contributed by atoms with Gasteiger partial charge in [-0.2, -0.15) is 0 Å². The van der Waals surface area contributed by atoms with E-state index in [0.29, 0.717) is 5.69 Å². The van der Waals surface area contributed by atoms with E-state index in [9.17, 15) is 8.42 Å². The minimum Gasteiger partial charge on any atom is -0.495 e. The van der Waals surface area contributed by atoms with Crippen LogP contribution in [0.4, 0.5) is 5.69 Å². The number of nitrogens with two attached hydrogens (primary N) is 1. The van der Waals surface area contributed by atoms with Crippen LogP contribution in [0.5, 0.6) is 17.2 Å². The Hall–Kier alpha value is -1.67. The van der Waals surface area contributed by atoms with Crippen LogP contribution >= 0.6 is 23.2 Å². The summed E-state index contributed by atoms with van der Waals surface area (Å²) in [6.45, 7) is 0. The Morgan fingerprint density at radius 3 is 2.36 bits per heavy atom. The summed E-state index contributed by atoms with van der Waals surface area (Å²) < 4.78 is 38.5. The number of sulfonamides is 1. The Labute approximate surface area is 155 Å². The van der Waals surface area contributed by atoms with Crippen LogP contribution in [-0.2, 0) is 10.0 Å². The van der Waals surface area contributed by atoms with Crippen LogP contribution in [0.2, 0.25) is 10.0 Å². The average Bonchev–Trinajstić information content (AvgIpc) is 3.34. The van der Waals surface area contributed by atoms with Gasteiger partial charge in [-0.25, -0.2) is 13.1 Å². The van der Waals surface area contributed by atoms with Gasteiger partial charge >= 0.3 is 0 Å². The van der Waals surface area contributed by atoms with E-state index in [0.717, 1.165) is 12.8 Å². The lowest BCUT2D eigenvalue weighted by atomic mass is 10.3. The van der Waals surface area contributed by atoms with Crippen molar-refractivity contribution in [2.75, 3.05) is 12.8 Å². The van der Waals surface area contributed by atoms with Crippen molar-refractivity contribution < 1.29 is 17.9 Å². The lowest BCUT2D eigenvalue weighted by molar-refractivity contribution is 0.399. The average molecular weight is 403 g/mol. The summed E-state index contributed by atoms with van der Waals surface area (Å²) in [4.78, 5) is -0.0120. The van der Waals surface area contributed by atoms with Gasteiger partial charge in [0.05, 0.1) is 17.2 Å². The van der Waals surface area contributed by atoms with E-state index in [1.54, 1.807) is 6.07 Å². The van der Waals surface area contributed by atoms with Crippen molar-refractivity contribution >= 4 is 38.9 Å². The number of methoxy groups -OCH3 is 1. The summed E-state index contributed by atoms with van der Waals surface area (Å²) in [5.74, 6) is 0.668. The molecule has 0 saturated heterocycles. The maximum Gasteiger partial charge on any atom is 0.244 e. The Morgan fingerprint density at radius 2 is 1.80 bits per heavy atom. The quantitative estimate of drug-likeness (QED) is 0.716. The van der Waals surface area contributed by atoms with Gasteiger partial charge in [-0.1, -0.05) is 23.2 Å². The summed E-state index contributed by atoms with van der Waals surface area (Å²) >= 11 is 12.2. The molecule has 0 atom stereocenters. The summed E-state index contributed by atoms with van der Waals surface area (Å²) in [6.07, 6.45) is 1.66. The standard InChI is InChI=1S/C16H16Cl2N2O4S/c1-23-14-5-4-11(8-15(14)25(21,22)20-10-2-3-10)24-16-12(17)6-9(19)7-13(16)18/h4-8,10,20H,2-3,19H2,1H3. The van der Waals surface area contributed by atoms with Gasteiger partial charge in [0.1, 0.15) is 16.4 Å². The predicted octanol–water partition coefficient (Wildman–Crippen LogP) is 3.82. The first-order chi connectivity index (χ1) is 11.8. The van der Waals surface area contributed by atoms with E-state index in [1.807, 2.05) is 0 Å². The highest BCUT2D eigenvalue weighted by Crippen LogP contribution is 2.39. The third kappa shape index (κ3) is 4.12. The molecule has 3 rings (SSSR count). The molecule has 0 unspecified atom stereocenters. The van der Waals surface area contributed by atoms with Gasteiger partial charge < -0.3 is 15.2 Å². The van der Waals surface area contributed by atoms with Crippen molar-refractivity contribution in [3.8, 4) is 17.2 Å². The topological polar surface area (TPSA) is 90.7 Å². The van der Waals surface area contributed by atoms with Crippen LogP contribution in [0.25, 0.3) is 0 Å². The lowest BCUT2D eigenvalue weighted by Gasteiger charge is -2.14. The van der Waals surface area contributed by atoms with Crippen molar-refractivity contribution in [3.63, 3.8) is 0 Å². The third-order valence-electron chi connectivity index (χ3n) is 3.56. The summed E-state index contributed by atoms with van der Waals surface area (Å²) in [6, 6.07) is 7.41. The molecule has 25 heavy (non-hydrogen) atoms. The van der Waals surface area contributed by atoms with Crippen molar-refractivity contribution in [2.45, 2.75) is 23.8 Å². The number of ether oxygens (including phenoxy) is 2. The Morgan fingerprint density at radius 1 is 1.16 bits per heavy atom. The number of hydrogen-bond donors (Lipinski definition) is 2. The predicted molar refractivity (Wildman–Crippen MR) is 97.3 cm³/mol.